The third-order valence-corrected chi connectivity index (χ3v) is 3.55. The lowest BCUT2D eigenvalue weighted by Crippen LogP contribution is -2.22. The van der Waals surface area contributed by atoms with E-state index < -0.39 is 11.5 Å². The number of aryl methyl sites for hydroxylation is 1. The van der Waals surface area contributed by atoms with Crippen LogP contribution in [0.25, 0.3) is 0 Å². The zero-order chi connectivity index (χ0) is 16.3. The molecule has 1 amide bonds. The van der Waals surface area contributed by atoms with Crippen LogP contribution in [0.1, 0.15) is 28.6 Å². The summed E-state index contributed by atoms with van der Waals surface area (Å²) in [5.74, 6) is -0.399. The number of aromatic hydroxyl groups is 1. The van der Waals surface area contributed by atoms with Crippen molar-refractivity contribution in [2.24, 2.45) is 5.10 Å². The largest absolute Gasteiger partial charge is 0.507 e. The minimum Gasteiger partial charge on any atom is -0.507 e. The molecule has 2 rings (SSSR count). The van der Waals surface area contributed by atoms with E-state index in [0.29, 0.717) is 10.0 Å². The zero-order valence-corrected chi connectivity index (χ0v) is 13.5. The van der Waals surface area contributed by atoms with E-state index in [-0.39, 0.29) is 22.8 Å². The Morgan fingerprint density at radius 3 is 2.68 bits per heavy atom. The first kappa shape index (κ1) is 16.0. The quantitative estimate of drug-likeness (QED) is 0.646. The van der Waals surface area contributed by atoms with Gasteiger partial charge in [-0.15, -0.1) is 0 Å². The molecule has 0 saturated carbocycles. The van der Waals surface area contributed by atoms with Gasteiger partial charge in [0.2, 0.25) is 0 Å². The van der Waals surface area contributed by atoms with Gasteiger partial charge in [0.15, 0.2) is 0 Å². The molecule has 2 N–H and O–H groups in total. The van der Waals surface area contributed by atoms with Crippen LogP contribution in [0, 0.1) is 6.92 Å². The van der Waals surface area contributed by atoms with Crippen LogP contribution in [0.2, 0.25) is 0 Å². The number of hydrogen-bond acceptors (Lipinski definition) is 5. The van der Waals surface area contributed by atoms with Crippen LogP contribution in [0.4, 0.5) is 0 Å². The molecule has 2 aromatic rings. The van der Waals surface area contributed by atoms with Crippen molar-refractivity contribution in [1.29, 1.82) is 0 Å². The highest BCUT2D eigenvalue weighted by Crippen LogP contribution is 2.16. The van der Waals surface area contributed by atoms with E-state index in [1.807, 2.05) is 0 Å². The first-order valence-corrected chi connectivity index (χ1v) is 7.12. The number of halogens is 1. The monoisotopic (exact) mass is 364 g/mol. The average Bonchev–Trinajstić information content (AvgIpc) is 2.44. The Kier molecular flexibility index (Phi) is 4.77. The number of nitrogens with one attached hydrogen (secondary N) is 1. The molecule has 0 fully saturated rings. The number of hydrogen-bond donors (Lipinski definition) is 2. The van der Waals surface area contributed by atoms with E-state index in [9.17, 15) is 14.7 Å². The summed E-state index contributed by atoms with van der Waals surface area (Å²) in [6.07, 6.45) is 0. The standard InChI is InChI=1S/C15H13BrN2O4/c1-8-7-12(19)13(15(21)22-8)9(2)17-18-14(20)10-5-3-4-6-11(10)16/h3-7,19H,1-2H3,(H,18,20)/b17-9-. The Bertz CT molecular complexity index is 811. The van der Waals surface area contributed by atoms with Crippen molar-refractivity contribution in [3.63, 3.8) is 0 Å². The third kappa shape index (κ3) is 3.43. The highest BCUT2D eigenvalue weighted by atomic mass is 79.9. The van der Waals surface area contributed by atoms with Gasteiger partial charge in [0, 0.05) is 10.5 Å². The highest BCUT2D eigenvalue weighted by molar-refractivity contribution is 9.10. The van der Waals surface area contributed by atoms with Crippen molar-refractivity contribution in [2.75, 3.05) is 0 Å². The normalized spacial score (nSPS) is 11.3. The molecule has 7 heteroatoms. The molecule has 1 heterocycles. The van der Waals surface area contributed by atoms with Crippen LogP contribution in [-0.2, 0) is 0 Å². The third-order valence-electron chi connectivity index (χ3n) is 2.86. The summed E-state index contributed by atoms with van der Waals surface area (Å²) in [7, 11) is 0. The maximum Gasteiger partial charge on any atom is 0.348 e. The number of nitrogens with zero attached hydrogens (tertiary/aromatic N) is 1. The van der Waals surface area contributed by atoms with Crippen LogP contribution >= 0.6 is 15.9 Å². The molecule has 0 unspecified atom stereocenters. The van der Waals surface area contributed by atoms with Gasteiger partial charge in [0.1, 0.15) is 17.1 Å². The minimum absolute atomic E-state index is 0.0852. The molecule has 1 aromatic carbocycles. The molecule has 0 radical (unpaired) electrons. The predicted octanol–water partition coefficient (Wildman–Crippen LogP) is 2.57. The van der Waals surface area contributed by atoms with Crippen LogP contribution < -0.4 is 11.1 Å². The van der Waals surface area contributed by atoms with Gasteiger partial charge in [-0.1, -0.05) is 12.1 Å². The van der Waals surface area contributed by atoms with E-state index in [4.69, 9.17) is 4.42 Å². The van der Waals surface area contributed by atoms with E-state index in [2.05, 4.69) is 26.5 Å². The zero-order valence-electron chi connectivity index (χ0n) is 11.9. The summed E-state index contributed by atoms with van der Waals surface area (Å²) in [6.45, 7) is 3.04. The van der Waals surface area contributed by atoms with E-state index in [1.165, 1.54) is 13.0 Å². The van der Waals surface area contributed by atoms with Crippen LogP contribution in [0.15, 0.2) is 49.1 Å². The van der Waals surface area contributed by atoms with Crippen molar-refractivity contribution < 1.29 is 14.3 Å². The minimum atomic E-state index is -0.714. The summed E-state index contributed by atoms with van der Waals surface area (Å²) in [5, 5.41) is 13.6. The fraction of sp³-hybridized carbons (Fsp3) is 0.133. The fourth-order valence-corrected chi connectivity index (χ4v) is 2.29. The SMILES string of the molecule is C/C(=N/NC(=O)c1ccccc1Br)c1c(O)cc(C)oc1=O. The van der Waals surface area contributed by atoms with Crippen LogP contribution in [0.5, 0.6) is 5.75 Å². The molecular formula is C15H13BrN2O4. The maximum absolute atomic E-state index is 12.0. The van der Waals surface area contributed by atoms with E-state index >= 15 is 0 Å². The van der Waals surface area contributed by atoms with Gasteiger partial charge in [-0.3, -0.25) is 4.79 Å². The van der Waals surface area contributed by atoms with Gasteiger partial charge in [0.25, 0.3) is 5.91 Å². The van der Waals surface area contributed by atoms with Gasteiger partial charge in [0.05, 0.1) is 11.3 Å². The Hall–Kier alpha value is -2.41. The Morgan fingerprint density at radius 1 is 1.36 bits per heavy atom. The van der Waals surface area contributed by atoms with E-state index in [0.717, 1.165) is 0 Å². The number of hydrazone groups is 1. The average molecular weight is 365 g/mol. The number of amides is 1. The second kappa shape index (κ2) is 6.57. The number of rotatable bonds is 3. The van der Waals surface area contributed by atoms with E-state index in [1.54, 1.807) is 31.2 Å². The van der Waals surface area contributed by atoms with Crippen molar-refractivity contribution >= 4 is 27.5 Å². The summed E-state index contributed by atoms with van der Waals surface area (Å²) in [5.41, 5.74) is 2.08. The Morgan fingerprint density at radius 2 is 2.05 bits per heavy atom. The summed E-state index contributed by atoms with van der Waals surface area (Å²) in [4.78, 5) is 23.8. The van der Waals surface area contributed by atoms with Crippen molar-refractivity contribution in [2.45, 2.75) is 13.8 Å². The summed E-state index contributed by atoms with van der Waals surface area (Å²) < 4.78 is 5.53. The predicted molar refractivity (Wildman–Crippen MR) is 85.2 cm³/mol. The smallest absolute Gasteiger partial charge is 0.348 e. The van der Waals surface area contributed by atoms with Crippen molar-refractivity contribution in [3.8, 4) is 5.75 Å². The first-order valence-electron chi connectivity index (χ1n) is 6.33. The Labute approximate surface area is 134 Å². The molecule has 0 spiro atoms. The summed E-state index contributed by atoms with van der Waals surface area (Å²) >= 11 is 3.27. The molecule has 0 saturated heterocycles. The lowest BCUT2D eigenvalue weighted by Gasteiger charge is -2.05. The molecule has 0 aliphatic carbocycles. The second-order valence-corrected chi connectivity index (χ2v) is 5.38. The van der Waals surface area contributed by atoms with Crippen LogP contribution in [-0.4, -0.2) is 16.7 Å². The second-order valence-electron chi connectivity index (χ2n) is 4.52. The van der Waals surface area contributed by atoms with Gasteiger partial charge in [-0.25, -0.2) is 10.2 Å². The summed E-state index contributed by atoms with van der Waals surface area (Å²) in [6, 6.07) is 8.17. The lowest BCUT2D eigenvalue weighted by molar-refractivity contribution is 0.0954. The number of benzene rings is 1. The van der Waals surface area contributed by atoms with Gasteiger partial charge < -0.3 is 9.52 Å². The lowest BCUT2D eigenvalue weighted by atomic mass is 10.2. The Balaban J connectivity index is 2.26. The fourth-order valence-electron chi connectivity index (χ4n) is 1.83. The molecular weight excluding hydrogens is 352 g/mol. The number of carbonyl (C=O) groups excluding carboxylic acids is 1. The molecule has 114 valence electrons. The topological polar surface area (TPSA) is 91.9 Å². The van der Waals surface area contributed by atoms with Gasteiger partial charge in [-0.05, 0) is 41.9 Å². The molecule has 1 aromatic heterocycles. The van der Waals surface area contributed by atoms with Crippen molar-refractivity contribution in [1.82, 2.24) is 5.43 Å². The van der Waals surface area contributed by atoms with Crippen LogP contribution in [0.3, 0.4) is 0 Å². The number of carbonyl (C=O) groups is 1. The molecule has 6 nitrogen and oxygen atoms in total. The molecule has 0 bridgehead atoms. The van der Waals surface area contributed by atoms with Gasteiger partial charge >= 0.3 is 5.63 Å². The van der Waals surface area contributed by atoms with Gasteiger partial charge in [-0.2, -0.15) is 5.10 Å². The van der Waals surface area contributed by atoms with Crippen molar-refractivity contribution in [3.05, 3.63) is 62.1 Å². The highest BCUT2D eigenvalue weighted by Gasteiger charge is 2.14. The molecule has 0 aliphatic rings. The molecule has 22 heavy (non-hydrogen) atoms. The molecule has 0 aliphatic heterocycles. The molecule has 0 atom stereocenters. The maximum atomic E-state index is 12.0. The first-order chi connectivity index (χ1) is 10.4.